The van der Waals surface area contributed by atoms with Gasteiger partial charge in [0, 0.05) is 16.8 Å². The molecule has 6 heteroatoms. The summed E-state index contributed by atoms with van der Waals surface area (Å²) in [7, 11) is 0. The lowest BCUT2D eigenvalue weighted by Crippen LogP contribution is -1.94. The highest BCUT2D eigenvalue weighted by atomic mass is 35.5. The Morgan fingerprint density at radius 2 is 2.14 bits per heavy atom. The summed E-state index contributed by atoms with van der Waals surface area (Å²) in [6, 6.07) is 4.90. The molecule has 0 aliphatic carbocycles. The van der Waals surface area contributed by atoms with Crippen molar-refractivity contribution >= 4 is 30.1 Å². The molecule has 0 radical (unpaired) electrons. The first-order valence-corrected chi connectivity index (χ1v) is 6.96. The van der Waals surface area contributed by atoms with Crippen LogP contribution in [0.25, 0.3) is 0 Å². The van der Waals surface area contributed by atoms with Gasteiger partial charge >= 0.3 is 6.72 Å². The first-order valence-electron chi connectivity index (χ1n) is 3.96. The predicted octanol–water partition coefficient (Wildman–Crippen LogP) is 2.49. The maximum absolute atomic E-state index is 8.99. The molecule has 3 nitrogen and oxygen atoms in total. The number of hydrogen-bond acceptors (Lipinski definition) is 2. The summed E-state index contributed by atoms with van der Waals surface area (Å²) in [5.74, 6) is 0.380. The minimum atomic E-state index is -3.65. The third-order valence-electron chi connectivity index (χ3n) is 1.62. The molecule has 2 N–H and O–H groups in total. The average Bonchev–Trinajstić information content (AvgIpc) is 2.06. The third-order valence-corrected chi connectivity index (χ3v) is 2.51. The van der Waals surface area contributed by atoms with Crippen molar-refractivity contribution in [1.82, 2.24) is 0 Å². The van der Waals surface area contributed by atoms with Crippen LogP contribution in [0.4, 0.5) is 0 Å². The van der Waals surface area contributed by atoms with E-state index >= 15 is 0 Å². The fraction of sp³-hybridized carbons (Fsp3) is 0.250. The van der Waals surface area contributed by atoms with Crippen LogP contribution in [0.2, 0.25) is 5.02 Å². The Bertz CT molecular complexity index is 377. The molecule has 0 aliphatic rings. The summed E-state index contributed by atoms with van der Waals surface area (Å²) in [4.78, 5) is 18.0. The van der Waals surface area contributed by atoms with Crippen molar-refractivity contribution in [2.75, 3.05) is 0 Å². The lowest BCUT2D eigenvalue weighted by Gasteiger charge is -2.13. The molecule has 78 valence electrons. The van der Waals surface area contributed by atoms with Crippen molar-refractivity contribution in [3.63, 3.8) is 0 Å². The summed E-state index contributed by atoms with van der Waals surface area (Å²) in [5.41, 5.74) is 0.801. The Kier molecular flexibility index (Phi) is 3.93. The predicted molar refractivity (Wildman–Crippen MR) is 60.2 cm³/mol. The van der Waals surface area contributed by atoms with Gasteiger partial charge in [-0.1, -0.05) is 18.5 Å². The molecule has 0 spiro atoms. The zero-order valence-corrected chi connectivity index (χ0v) is 9.94. The Labute approximate surface area is 92.5 Å². The minimum absolute atomic E-state index is 0.380. The highest BCUT2D eigenvalue weighted by Gasteiger charge is 2.12. The van der Waals surface area contributed by atoms with Crippen LogP contribution in [-0.2, 0) is 18.2 Å². The molecule has 0 saturated heterocycles. The Morgan fingerprint density at radius 1 is 1.50 bits per heavy atom. The van der Waals surface area contributed by atoms with Gasteiger partial charge in [0.2, 0.25) is 0 Å². The summed E-state index contributed by atoms with van der Waals surface area (Å²) < 4.78 is 4.86. The van der Waals surface area contributed by atoms with Gasteiger partial charge in [-0.05, 0) is 30.2 Å². The molecule has 0 saturated carbocycles. The van der Waals surface area contributed by atoms with Gasteiger partial charge in [-0.3, -0.25) is 0 Å². The minimum Gasteiger partial charge on any atom is -0.424 e. The summed E-state index contributed by atoms with van der Waals surface area (Å²) in [6.07, 6.45) is 0.686. The largest absolute Gasteiger partial charge is 0.424 e. The van der Waals surface area contributed by atoms with E-state index in [2.05, 4.69) is 11.8 Å². The van der Waals surface area contributed by atoms with Crippen LogP contribution in [0.5, 0.6) is 5.75 Å². The molecule has 1 aromatic carbocycles. The average molecular weight is 253 g/mol. The molecule has 1 rings (SSSR count). The second-order valence-electron chi connectivity index (χ2n) is 2.69. The molecule has 0 fully saturated rings. The number of benzene rings is 1. The Balaban J connectivity index is 3.03. The van der Waals surface area contributed by atoms with E-state index in [-0.39, 0.29) is 0 Å². The van der Waals surface area contributed by atoms with Crippen molar-refractivity contribution in [2.45, 2.75) is 13.3 Å². The molecule has 0 unspecified atom stereocenters. The van der Waals surface area contributed by atoms with E-state index in [1.165, 1.54) is 0 Å². The summed E-state index contributed by atoms with van der Waals surface area (Å²) >= 11 is 10.1. The first kappa shape index (κ1) is 12.0. The molecule has 0 atom stereocenters. The van der Waals surface area contributed by atoms with Crippen LogP contribution in [0.3, 0.4) is 0 Å². The van der Waals surface area contributed by atoms with Crippen molar-refractivity contribution in [3.8, 4) is 5.75 Å². The fourth-order valence-electron chi connectivity index (χ4n) is 1.04. The number of hydrogen-bond donors (Lipinski definition) is 2. The Hall–Kier alpha value is -0.120. The maximum Gasteiger partial charge on any atom is 0.375 e. The third kappa shape index (κ3) is 3.56. The van der Waals surface area contributed by atoms with Gasteiger partial charge in [-0.25, -0.2) is 0 Å². The molecule has 0 aromatic heterocycles. The second kappa shape index (κ2) is 4.60. The van der Waals surface area contributed by atoms with Gasteiger partial charge in [0.15, 0.2) is 0 Å². The van der Waals surface area contributed by atoms with E-state index in [1.54, 1.807) is 18.2 Å². The highest BCUT2D eigenvalue weighted by Crippen LogP contribution is 2.40. The smallest absolute Gasteiger partial charge is 0.375 e. The number of halogens is 1. The SMILES string of the molecule is CCc1cc(Cl)ccc1OP(O)(O)=S. The highest BCUT2D eigenvalue weighted by molar-refractivity contribution is 8.06. The van der Waals surface area contributed by atoms with Gasteiger partial charge in [0.05, 0.1) is 0 Å². The van der Waals surface area contributed by atoms with Crippen LogP contribution >= 0.6 is 18.3 Å². The first-order chi connectivity index (χ1) is 6.42. The van der Waals surface area contributed by atoms with Crippen LogP contribution < -0.4 is 4.52 Å². The van der Waals surface area contributed by atoms with E-state index in [4.69, 9.17) is 25.9 Å². The zero-order chi connectivity index (χ0) is 10.8. The van der Waals surface area contributed by atoms with Crippen LogP contribution in [0.15, 0.2) is 18.2 Å². The monoisotopic (exact) mass is 252 g/mol. The molecule has 14 heavy (non-hydrogen) atoms. The van der Waals surface area contributed by atoms with Gasteiger partial charge in [0.1, 0.15) is 5.75 Å². The molecule has 0 amide bonds. The van der Waals surface area contributed by atoms with Gasteiger partial charge in [0.25, 0.3) is 0 Å². The van der Waals surface area contributed by atoms with Crippen molar-refractivity contribution in [3.05, 3.63) is 28.8 Å². The fourth-order valence-corrected chi connectivity index (χ4v) is 1.91. The normalized spacial score (nSPS) is 11.4. The van der Waals surface area contributed by atoms with Crippen LogP contribution in [-0.4, -0.2) is 9.79 Å². The van der Waals surface area contributed by atoms with Gasteiger partial charge < -0.3 is 14.3 Å². The van der Waals surface area contributed by atoms with Crippen molar-refractivity contribution in [2.24, 2.45) is 0 Å². The molecule has 0 aliphatic heterocycles. The standard InChI is InChI=1S/C8H10ClO3PS/c1-2-6-5-7(9)3-4-8(6)12-13(10,11)14/h3-5H,2H2,1H3,(H2,10,11,14). The second-order valence-corrected chi connectivity index (χ2v) is 5.71. The molecular formula is C8H10ClO3PS. The maximum atomic E-state index is 8.99. The quantitative estimate of drug-likeness (QED) is 0.812. The van der Waals surface area contributed by atoms with Crippen LogP contribution in [0.1, 0.15) is 12.5 Å². The molecular weight excluding hydrogens is 243 g/mol. The summed E-state index contributed by atoms with van der Waals surface area (Å²) in [6.45, 7) is -1.74. The van der Waals surface area contributed by atoms with E-state index in [0.717, 1.165) is 5.56 Å². The lowest BCUT2D eigenvalue weighted by molar-refractivity contribution is 0.369. The van der Waals surface area contributed by atoms with Crippen molar-refractivity contribution in [1.29, 1.82) is 0 Å². The molecule has 0 bridgehead atoms. The molecule has 0 heterocycles. The van der Waals surface area contributed by atoms with E-state index in [0.29, 0.717) is 17.2 Å². The molecule has 1 aromatic rings. The van der Waals surface area contributed by atoms with E-state index < -0.39 is 6.72 Å². The zero-order valence-electron chi connectivity index (χ0n) is 7.48. The lowest BCUT2D eigenvalue weighted by atomic mass is 10.1. The van der Waals surface area contributed by atoms with Crippen LogP contribution in [0, 0.1) is 0 Å². The number of rotatable bonds is 3. The van der Waals surface area contributed by atoms with Crippen molar-refractivity contribution < 1.29 is 14.3 Å². The Morgan fingerprint density at radius 3 is 2.64 bits per heavy atom. The topological polar surface area (TPSA) is 49.7 Å². The van der Waals surface area contributed by atoms with E-state index in [1.807, 2.05) is 6.92 Å². The van der Waals surface area contributed by atoms with Gasteiger partial charge in [-0.15, -0.1) is 0 Å². The van der Waals surface area contributed by atoms with Gasteiger partial charge in [-0.2, -0.15) is 0 Å². The van der Waals surface area contributed by atoms with E-state index in [9.17, 15) is 0 Å². The summed E-state index contributed by atoms with van der Waals surface area (Å²) in [5, 5.41) is 0.582. The number of aryl methyl sites for hydroxylation is 1.